The first kappa shape index (κ1) is 11.6. The van der Waals surface area contributed by atoms with Crippen LogP contribution >= 0.6 is 0 Å². The lowest BCUT2D eigenvalue weighted by Crippen LogP contribution is -2.01. The molecule has 0 aliphatic carbocycles. The molecule has 0 N–H and O–H groups in total. The van der Waals surface area contributed by atoms with Crippen LogP contribution in [0.3, 0.4) is 0 Å². The van der Waals surface area contributed by atoms with Gasteiger partial charge in [0.05, 0.1) is 4.92 Å². The first-order valence-corrected chi connectivity index (χ1v) is 5.82. The second-order valence-electron chi connectivity index (χ2n) is 4.66. The predicted molar refractivity (Wildman–Crippen MR) is 68.0 cm³/mol. The summed E-state index contributed by atoms with van der Waals surface area (Å²) in [6.45, 7) is 5.13. The van der Waals surface area contributed by atoms with E-state index in [2.05, 4.69) is 13.8 Å². The van der Waals surface area contributed by atoms with Crippen molar-refractivity contribution in [2.75, 3.05) is 0 Å². The van der Waals surface area contributed by atoms with E-state index in [1.807, 2.05) is 22.9 Å². The number of hydrogen-bond donors (Lipinski definition) is 0. The van der Waals surface area contributed by atoms with Crippen molar-refractivity contribution in [1.29, 1.82) is 0 Å². The SMILES string of the molecule is CC(C)CCn1ccc2cccc([N+](=O)[O-])c21. The van der Waals surface area contributed by atoms with E-state index in [1.54, 1.807) is 12.1 Å². The van der Waals surface area contributed by atoms with Crippen molar-refractivity contribution in [3.05, 3.63) is 40.6 Å². The molecule has 0 spiro atoms. The molecule has 0 saturated carbocycles. The lowest BCUT2D eigenvalue weighted by Gasteiger charge is -2.07. The number of hydrogen-bond acceptors (Lipinski definition) is 2. The molecule has 0 saturated heterocycles. The molecule has 0 aliphatic heterocycles. The first-order valence-electron chi connectivity index (χ1n) is 5.82. The molecule has 2 rings (SSSR count). The molecule has 0 unspecified atom stereocenters. The van der Waals surface area contributed by atoms with Gasteiger partial charge in [-0.2, -0.15) is 0 Å². The third kappa shape index (κ3) is 2.30. The molecule has 0 radical (unpaired) electrons. The topological polar surface area (TPSA) is 48.1 Å². The summed E-state index contributed by atoms with van der Waals surface area (Å²) in [5.74, 6) is 0.593. The molecular formula is C13H16N2O2. The van der Waals surface area contributed by atoms with Crippen LogP contribution in [0.4, 0.5) is 5.69 Å². The highest BCUT2D eigenvalue weighted by molar-refractivity contribution is 5.88. The van der Waals surface area contributed by atoms with Crippen LogP contribution in [-0.4, -0.2) is 9.49 Å². The van der Waals surface area contributed by atoms with Gasteiger partial charge in [-0.05, 0) is 18.4 Å². The maximum absolute atomic E-state index is 11.0. The minimum Gasteiger partial charge on any atom is -0.342 e. The van der Waals surface area contributed by atoms with Crippen molar-refractivity contribution < 1.29 is 4.92 Å². The fraction of sp³-hybridized carbons (Fsp3) is 0.385. The van der Waals surface area contributed by atoms with Crippen molar-refractivity contribution >= 4 is 16.6 Å². The van der Waals surface area contributed by atoms with Gasteiger partial charge in [-0.15, -0.1) is 0 Å². The van der Waals surface area contributed by atoms with E-state index >= 15 is 0 Å². The van der Waals surface area contributed by atoms with Gasteiger partial charge in [0.25, 0.3) is 5.69 Å². The van der Waals surface area contributed by atoms with Gasteiger partial charge >= 0.3 is 0 Å². The molecule has 0 atom stereocenters. The van der Waals surface area contributed by atoms with E-state index in [4.69, 9.17) is 0 Å². The molecule has 17 heavy (non-hydrogen) atoms. The van der Waals surface area contributed by atoms with Crippen molar-refractivity contribution in [3.8, 4) is 0 Å². The summed E-state index contributed by atoms with van der Waals surface area (Å²) in [7, 11) is 0. The Morgan fingerprint density at radius 3 is 2.76 bits per heavy atom. The molecule has 1 aromatic carbocycles. The van der Waals surface area contributed by atoms with Gasteiger partial charge in [-0.3, -0.25) is 10.1 Å². The average Bonchev–Trinajstić information content (AvgIpc) is 2.69. The van der Waals surface area contributed by atoms with Gasteiger partial charge in [0, 0.05) is 24.2 Å². The largest absolute Gasteiger partial charge is 0.342 e. The van der Waals surface area contributed by atoms with Crippen LogP contribution in [0.15, 0.2) is 30.5 Å². The Hall–Kier alpha value is -1.84. The molecule has 0 bridgehead atoms. The number of aromatic nitrogens is 1. The number of benzene rings is 1. The molecule has 90 valence electrons. The maximum atomic E-state index is 11.0. The molecule has 1 aromatic heterocycles. The summed E-state index contributed by atoms with van der Waals surface area (Å²) >= 11 is 0. The summed E-state index contributed by atoms with van der Waals surface area (Å²) in [6, 6.07) is 7.14. The lowest BCUT2D eigenvalue weighted by atomic mass is 10.1. The van der Waals surface area contributed by atoms with Gasteiger partial charge in [0.1, 0.15) is 5.52 Å². The van der Waals surface area contributed by atoms with Gasteiger partial charge in [0.15, 0.2) is 0 Å². The minimum absolute atomic E-state index is 0.191. The molecule has 4 heteroatoms. The lowest BCUT2D eigenvalue weighted by molar-refractivity contribution is -0.383. The monoisotopic (exact) mass is 232 g/mol. The smallest absolute Gasteiger partial charge is 0.293 e. The van der Waals surface area contributed by atoms with E-state index in [0.717, 1.165) is 23.9 Å². The first-order chi connectivity index (χ1) is 8.09. The Bertz CT molecular complexity index is 543. The zero-order valence-electron chi connectivity index (χ0n) is 10.1. The number of non-ortho nitro benzene ring substituents is 1. The Morgan fingerprint density at radius 2 is 2.12 bits per heavy atom. The van der Waals surface area contributed by atoms with Gasteiger partial charge in [-0.1, -0.05) is 26.0 Å². The summed E-state index contributed by atoms with van der Waals surface area (Å²) in [5, 5.41) is 11.9. The normalized spacial score (nSPS) is 11.2. The van der Waals surface area contributed by atoms with Crippen molar-refractivity contribution in [3.63, 3.8) is 0 Å². The molecule has 0 fully saturated rings. The van der Waals surface area contributed by atoms with Crippen LogP contribution in [0.5, 0.6) is 0 Å². The summed E-state index contributed by atoms with van der Waals surface area (Å²) < 4.78 is 1.98. The standard InChI is InChI=1S/C13H16N2O2/c1-10(2)6-8-14-9-7-11-4-3-5-12(13(11)14)15(16)17/h3-5,7,9-10H,6,8H2,1-2H3. The number of para-hydroxylation sites is 1. The Balaban J connectivity index is 2.46. The highest BCUT2D eigenvalue weighted by atomic mass is 16.6. The zero-order chi connectivity index (χ0) is 12.4. The molecule has 0 aliphatic rings. The van der Waals surface area contributed by atoms with E-state index in [-0.39, 0.29) is 10.6 Å². The number of nitro groups is 1. The molecule has 0 amide bonds. The van der Waals surface area contributed by atoms with Crippen LogP contribution < -0.4 is 0 Å². The number of nitro benzene ring substituents is 1. The molecule has 4 nitrogen and oxygen atoms in total. The Kier molecular flexibility index (Phi) is 3.13. The van der Waals surface area contributed by atoms with Crippen molar-refractivity contribution in [2.45, 2.75) is 26.8 Å². The van der Waals surface area contributed by atoms with Crippen LogP contribution in [0, 0.1) is 16.0 Å². The average molecular weight is 232 g/mol. The van der Waals surface area contributed by atoms with Gasteiger partial charge in [0.2, 0.25) is 0 Å². The Morgan fingerprint density at radius 1 is 1.35 bits per heavy atom. The Labute approximate surface area is 100 Å². The molecular weight excluding hydrogens is 216 g/mol. The van der Waals surface area contributed by atoms with Gasteiger partial charge in [-0.25, -0.2) is 0 Å². The molecule has 2 aromatic rings. The fourth-order valence-electron chi connectivity index (χ4n) is 1.97. The predicted octanol–water partition coefficient (Wildman–Crippen LogP) is 3.60. The third-order valence-corrected chi connectivity index (χ3v) is 2.91. The van der Waals surface area contributed by atoms with Crippen molar-refractivity contribution in [2.24, 2.45) is 5.92 Å². The zero-order valence-corrected chi connectivity index (χ0v) is 10.1. The fourth-order valence-corrected chi connectivity index (χ4v) is 1.97. The second kappa shape index (κ2) is 4.57. The van der Waals surface area contributed by atoms with Gasteiger partial charge < -0.3 is 4.57 Å². The van der Waals surface area contributed by atoms with E-state index in [0.29, 0.717) is 5.92 Å². The van der Waals surface area contributed by atoms with Crippen LogP contribution in [-0.2, 0) is 6.54 Å². The number of aryl methyl sites for hydroxylation is 1. The quantitative estimate of drug-likeness (QED) is 0.597. The second-order valence-corrected chi connectivity index (χ2v) is 4.66. The van der Waals surface area contributed by atoms with Crippen LogP contribution in [0.1, 0.15) is 20.3 Å². The number of nitrogens with zero attached hydrogens (tertiary/aromatic N) is 2. The van der Waals surface area contributed by atoms with Crippen molar-refractivity contribution in [1.82, 2.24) is 4.57 Å². The van der Waals surface area contributed by atoms with E-state index < -0.39 is 0 Å². The van der Waals surface area contributed by atoms with E-state index in [1.165, 1.54) is 0 Å². The summed E-state index contributed by atoms with van der Waals surface area (Å²) in [4.78, 5) is 10.7. The number of rotatable bonds is 4. The molecule has 1 heterocycles. The summed E-state index contributed by atoms with van der Waals surface area (Å²) in [6.07, 6.45) is 2.95. The van der Waals surface area contributed by atoms with Crippen LogP contribution in [0.25, 0.3) is 10.9 Å². The van der Waals surface area contributed by atoms with Crippen LogP contribution in [0.2, 0.25) is 0 Å². The van der Waals surface area contributed by atoms with E-state index in [9.17, 15) is 10.1 Å². The highest BCUT2D eigenvalue weighted by Crippen LogP contribution is 2.26. The third-order valence-electron chi connectivity index (χ3n) is 2.91. The summed E-state index contributed by atoms with van der Waals surface area (Å²) in [5.41, 5.74) is 0.925. The highest BCUT2D eigenvalue weighted by Gasteiger charge is 2.15. The maximum Gasteiger partial charge on any atom is 0.293 e. The number of fused-ring (bicyclic) bond motifs is 1. The minimum atomic E-state index is -0.311.